The van der Waals surface area contributed by atoms with Gasteiger partial charge in [-0.1, -0.05) is 0 Å². The van der Waals surface area contributed by atoms with Crippen molar-refractivity contribution in [2.45, 2.75) is 92.6 Å². The Balaban J connectivity index is 1.84. The van der Waals surface area contributed by atoms with E-state index in [0.717, 1.165) is 0 Å². The van der Waals surface area contributed by atoms with Crippen LogP contribution in [0.25, 0.3) is 0 Å². The summed E-state index contributed by atoms with van der Waals surface area (Å²) in [6.45, 7) is 0.511. The molecule has 0 bridgehead atoms. The third kappa shape index (κ3) is 7.83. The van der Waals surface area contributed by atoms with Crippen LogP contribution in [0.4, 0.5) is 8.78 Å². The van der Waals surface area contributed by atoms with Gasteiger partial charge in [-0.15, -0.1) is 0 Å². The molecule has 11 unspecified atom stereocenters. The Labute approximate surface area is 230 Å². The number of aliphatic hydroxyl groups excluding tert-OH is 4. The van der Waals surface area contributed by atoms with Gasteiger partial charge in [0, 0.05) is 31.0 Å². The number of hydrogen-bond acceptors (Lipinski definition) is 13. The highest BCUT2D eigenvalue weighted by atomic mass is 19.3. The second-order valence-corrected chi connectivity index (χ2v) is 11.1. The van der Waals surface area contributed by atoms with E-state index >= 15 is 0 Å². The largest absolute Gasteiger partial charge is 0.492 e. The molecule has 2 heterocycles. The van der Waals surface area contributed by atoms with Crippen LogP contribution in [-0.2, 0) is 19.0 Å². The van der Waals surface area contributed by atoms with Crippen LogP contribution in [0, 0.1) is 5.92 Å². The van der Waals surface area contributed by atoms with Crippen molar-refractivity contribution >= 4 is 5.91 Å². The minimum atomic E-state index is -3.91. The molecular weight excluding hydrogens is 540 g/mol. The number of amides is 1. The Bertz CT molecular complexity index is 886. The van der Waals surface area contributed by atoms with Gasteiger partial charge in [0.25, 0.3) is 11.8 Å². The molecule has 3 aliphatic rings. The molecule has 3 rings (SSSR count). The first-order chi connectivity index (χ1) is 18.7. The van der Waals surface area contributed by atoms with Crippen LogP contribution in [-0.4, -0.2) is 131 Å². The predicted molar refractivity (Wildman–Crippen MR) is 135 cm³/mol. The molecule has 1 saturated heterocycles. The van der Waals surface area contributed by atoms with E-state index in [-0.39, 0.29) is 32.6 Å². The summed E-state index contributed by atoms with van der Waals surface area (Å²) in [7, 11) is 0. The van der Waals surface area contributed by atoms with Crippen LogP contribution in [0.5, 0.6) is 0 Å². The van der Waals surface area contributed by atoms with E-state index in [1.54, 1.807) is 6.08 Å². The van der Waals surface area contributed by atoms with Gasteiger partial charge in [0.05, 0.1) is 44.1 Å². The summed E-state index contributed by atoms with van der Waals surface area (Å²) in [6, 6.07) is -2.65. The molecule has 232 valence electrons. The minimum absolute atomic E-state index is 0.0784. The number of alkyl halides is 2. The van der Waals surface area contributed by atoms with Gasteiger partial charge in [-0.3, -0.25) is 4.79 Å². The highest BCUT2D eigenvalue weighted by molar-refractivity contribution is 5.82. The van der Waals surface area contributed by atoms with Gasteiger partial charge in [0.2, 0.25) is 0 Å². The molecule has 40 heavy (non-hydrogen) atoms. The molecule has 2 aliphatic heterocycles. The Kier molecular flexibility index (Phi) is 11.2. The van der Waals surface area contributed by atoms with Crippen LogP contribution >= 0.6 is 0 Å². The minimum Gasteiger partial charge on any atom is -0.492 e. The summed E-state index contributed by atoms with van der Waals surface area (Å²) in [4.78, 5) is 12.6. The lowest BCUT2D eigenvalue weighted by atomic mass is 9.72. The molecular formula is C24H43F2N5O9. The molecule has 0 aromatic carbocycles. The summed E-state index contributed by atoms with van der Waals surface area (Å²) in [5, 5.41) is 56.4. The first-order valence-electron chi connectivity index (χ1n) is 13.3. The van der Waals surface area contributed by atoms with E-state index < -0.39 is 84.8 Å². The maximum absolute atomic E-state index is 13.9. The average Bonchev–Trinajstić information content (AvgIpc) is 2.88. The molecule has 13 N–H and O–H groups in total. The van der Waals surface area contributed by atoms with Crippen LogP contribution in [0.3, 0.4) is 0 Å². The Hall–Kier alpha value is -1.57. The monoisotopic (exact) mass is 583 g/mol. The number of carbonyl (C=O) groups excluding carboxylic acids is 1. The number of ether oxygens (including phenoxy) is 3. The fraction of sp³-hybridized carbons (Fsp3) is 0.875. The molecule has 1 amide bonds. The zero-order valence-corrected chi connectivity index (χ0v) is 22.4. The van der Waals surface area contributed by atoms with Crippen molar-refractivity contribution in [3.05, 3.63) is 11.8 Å². The van der Waals surface area contributed by atoms with E-state index in [1.807, 2.05) is 0 Å². The number of halogens is 2. The number of rotatable bonds is 11. The van der Waals surface area contributed by atoms with E-state index in [9.17, 15) is 34.0 Å². The van der Waals surface area contributed by atoms with E-state index in [1.165, 1.54) is 6.92 Å². The van der Waals surface area contributed by atoms with Crippen molar-refractivity contribution in [2.24, 2.45) is 23.1 Å². The summed E-state index contributed by atoms with van der Waals surface area (Å²) in [5.41, 5.74) is 16.4. The number of nitrogens with one attached hydrogen (secondary N) is 2. The second-order valence-electron chi connectivity index (χ2n) is 11.1. The van der Waals surface area contributed by atoms with Crippen molar-refractivity contribution in [2.75, 3.05) is 32.8 Å². The van der Waals surface area contributed by atoms with Crippen LogP contribution in [0.1, 0.15) is 26.2 Å². The topological polar surface area (TPSA) is 248 Å². The third-order valence-corrected chi connectivity index (χ3v) is 7.50. The maximum atomic E-state index is 13.9. The highest BCUT2D eigenvalue weighted by Crippen LogP contribution is 2.36. The lowest BCUT2D eigenvalue weighted by molar-refractivity contribution is -0.289. The molecule has 2 fully saturated rings. The van der Waals surface area contributed by atoms with Crippen molar-refractivity contribution in [3.8, 4) is 0 Å². The van der Waals surface area contributed by atoms with E-state index in [0.29, 0.717) is 18.7 Å². The molecule has 0 aromatic rings. The van der Waals surface area contributed by atoms with E-state index in [4.69, 9.17) is 36.5 Å². The van der Waals surface area contributed by atoms with Gasteiger partial charge in [0.1, 0.15) is 24.1 Å². The van der Waals surface area contributed by atoms with Crippen LogP contribution in [0.2, 0.25) is 0 Å². The normalized spacial score (nSPS) is 39.7. The van der Waals surface area contributed by atoms with Crippen LogP contribution in [0.15, 0.2) is 11.8 Å². The predicted octanol–water partition coefficient (Wildman–Crippen LogP) is -4.04. The first-order valence-corrected chi connectivity index (χ1v) is 13.3. The molecule has 1 aliphatic carbocycles. The molecule has 14 nitrogen and oxygen atoms in total. The van der Waals surface area contributed by atoms with Crippen molar-refractivity contribution < 1.29 is 53.3 Å². The average molecular weight is 584 g/mol. The Morgan fingerprint density at radius 2 is 2.02 bits per heavy atom. The summed E-state index contributed by atoms with van der Waals surface area (Å²) in [5.74, 6) is -5.71. The highest BCUT2D eigenvalue weighted by Gasteiger charge is 2.53. The quantitative estimate of drug-likeness (QED) is 0.104. The smallest absolute Gasteiger partial charge is 0.294 e. The third-order valence-electron chi connectivity index (χ3n) is 7.50. The molecule has 16 heteroatoms. The Morgan fingerprint density at radius 3 is 2.65 bits per heavy atom. The summed E-state index contributed by atoms with van der Waals surface area (Å²) < 4.78 is 45.3. The van der Waals surface area contributed by atoms with Crippen molar-refractivity contribution in [3.63, 3.8) is 0 Å². The van der Waals surface area contributed by atoms with Gasteiger partial charge in [-0.2, -0.15) is 0 Å². The standard InChI is InChI=1S/C24H43F2N5O9/c1-23(37)7-15(33)22(38-10-23)40-19-14(31-21(36)20(35)24(25,26)9-27)6-13(29)16(17(19)34)18-12(28)3-2-11(39-18)8-30-4-5-32/h2,12-20,22,30,32-35,37H,3-10,27-29H2,1H3,(H,31,36). The lowest BCUT2D eigenvalue weighted by Crippen LogP contribution is -2.68. The van der Waals surface area contributed by atoms with Gasteiger partial charge < -0.3 is 67.6 Å². The number of carbonyl (C=O) groups is 1. The second kappa shape index (κ2) is 13.6. The SMILES string of the molecule is CC1(O)COC(OC2C(NC(=O)C(O)C(F)(F)CN)CC(N)C(C3OC(CNCCO)=CCC3N)C2O)C(O)C1. The zero-order valence-electron chi connectivity index (χ0n) is 22.4. The number of aliphatic hydroxyl groups is 5. The van der Waals surface area contributed by atoms with E-state index in [2.05, 4.69) is 10.6 Å². The zero-order chi connectivity index (χ0) is 29.8. The number of nitrogens with two attached hydrogens (primary N) is 3. The molecule has 1 saturated carbocycles. The molecule has 0 radical (unpaired) electrons. The summed E-state index contributed by atoms with van der Waals surface area (Å²) in [6.07, 6.45) is -7.17. The van der Waals surface area contributed by atoms with Crippen molar-refractivity contribution in [1.29, 1.82) is 0 Å². The van der Waals surface area contributed by atoms with Gasteiger partial charge in [-0.05, 0) is 25.8 Å². The van der Waals surface area contributed by atoms with Gasteiger partial charge >= 0.3 is 0 Å². The Morgan fingerprint density at radius 1 is 1.32 bits per heavy atom. The molecule has 11 atom stereocenters. The molecule has 0 aromatic heterocycles. The maximum Gasteiger partial charge on any atom is 0.294 e. The van der Waals surface area contributed by atoms with Gasteiger partial charge in [-0.25, -0.2) is 8.78 Å². The van der Waals surface area contributed by atoms with Gasteiger partial charge in [0.15, 0.2) is 12.4 Å². The first kappa shape index (κ1) is 32.9. The number of hydrogen-bond donors (Lipinski definition) is 10. The summed E-state index contributed by atoms with van der Waals surface area (Å²) >= 11 is 0. The fourth-order valence-corrected chi connectivity index (χ4v) is 5.36. The van der Waals surface area contributed by atoms with Crippen LogP contribution < -0.4 is 27.8 Å². The van der Waals surface area contributed by atoms with Crippen molar-refractivity contribution in [1.82, 2.24) is 10.6 Å². The lowest BCUT2D eigenvalue weighted by Gasteiger charge is -2.49. The molecule has 0 spiro atoms. The fourth-order valence-electron chi connectivity index (χ4n) is 5.36.